The molecule has 0 aromatic heterocycles. The molecule has 0 spiro atoms. The monoisotopic (exact) mass is 221 g/mol. The molecule has 0 saturated carbocycles. The van der Waals surface area contributed by atoms with Gasteiger partial charge in [0.1, 0.15) is 5.94 Å². The maximum Gasteiger partial charge on any atom is 0.327 e. The lowest BCUT2D eigenvalue weighted by Gasteiger charge is -2.09. The van der Waals surface area contributed by atoms with Crippen molar-refractivity contribution < 1.29 is 19.5 Å². The van der Waals surface area contributed by atoms with Gasteiger partial charge in [-0.1, -0.05) is 30.3 Å². The van der Waals surface area contributed by atoms with E-state index in [-0.39, 0.29) is 6.61 Å². The largest absolute Gasteiger partial charge is 0.480 e. The summed E-state index contributed by atoms with van der Waals surface area (Å²) in [5, 5.41) is 8.65. The predicted octanol–water partition coefficient (Wildman–Crippen LogP) is 0.549. The van der Waals surface area contributed by atoms with Crippen LogP contribution in [0.1, 0.15) is 5.56 Å². The first-order valence-corrected chi connectivity index (χ1v) is 4.59. The van der Waals surface area contributed by atoms with Crippen LogP contribution in [0, 0.1) is 0 Å². The Balaban J connectivity index is 2.39. The fourth-order valence-corrected chi connectivity index (χ4v) is 1.01. The maximum absolute atomic E-state index is 10.6. The van der Waals surface area contributed by atoms with Gasteiger partial charge in [-0.15, -0.1) is 0 Å². The van der Waals surface area contributed by atoms with Crippen LogP contribution in [0.5, 0.6) is 0 Å². The van der Waals surface area contributed by atoms with Crippen LogP contribution in [-0.2, 0) is 21.0 Å². The molecule has 0 aliphatic rings. The molecule has 5 heteroatoms. The second-order valence-corrected chi connectivity index (χ2v) is 2.99. The van der Waals surface area contributed by atoms with Gasteiger partial charge >= 0.3 is 5.97 Å². The molecule has 1 rings (SSSR count). The van der Waals surface area contributed by atoms with Crippen molar-refractivity contribution in [2.75, 3.05) is 0 Å². The van der Waals surface area contributed by atoms with Gasteiger partial charge in [-0.3, -0.25) is 9.63 Å². The summed E-state index contributed by atoms with van der Waals surface area (Å²) in [6, 6.07) is 8.06. The summed E-state index contributed by atoms with van der Waals surface area (Å²) in [6.07, 6.45) is 0.841. The van der Waals surface area contributed by atoms with Crippen LogP contribution in [0.2, 0.25) is 0 Å². The van der Waals surface area contributed by atoms with Gasteiger partial charge in [0, 0.05) is 6.08 Å². The summed E-state index contributed by atoms with van der Waals surface area (Å²) in [5.41, 5.74) is 3.15. The van der Waals surface area contributed by atoms with E-state index in [1.165, 1.54) is 5.94 Å². The van der Waals surface area contributed by atoms with E-state index in [0.717, 1.165) is 11.6 Å². The van der Waals surface area contributed by atoms with Gasteiger partial charge in [0.05, 0.1) is 6.61 Å². The summed E-state index contributed by atoms with van der Waals surface area (Å²) in [7, 11) is 0. The molecule has 0 aliphatic heterocycles. The first-order chi connectivity index (χ1) is 7.74. The molecule has 0 fully saturated rings. The van der Waals surface area contributed by atoms with E-state index in [0.29, 0.717) is 0 Å². The van der Waals surface area contributed by atoms with Gasteiger partial charge in [0.25, 0.3) is 0 Å². The van der Waals surface area contributed by atoms with Crippen LogP contribution in [0.3, 0.4) is 0 Å². The fraction of sp³-hybridized carbons (Fsp3) is 0.182. The Bertz CT molecular complexity index is 382. The molecule has 1 aromatic rings. The summed E-state index contributed by atoms with van der Waals surface area (Å²) in [5.74, 6) is 0.202. The first kappa shape index (κ1) is 12.1. The number of carbonyl (C=O) groups is 1. The third-order valence-corrected chi connectivity index (χ3v) is 1.79. The highest BCUT2D eigenvalue weighted by atomic mass is 16.6. The average Bonchev–Trinajstić information content (AvgIpc) is 2.29. The van der Waals surface area contributed by atoms with Gasteiger partial charge in [0.15, 0.2) is 6.04 Å². The van der Waals surface area contributed by atoms with Crippen LogP contribution >= 0.6 is 0 Å². The second kappa shape index (κ2) is 6.53. The van der Waals surface area contributed by atoms with Crippen LogP contribution in [0.25, 0.3) is 0 Å². The molecule has 0 radical (unpaired) electrons. The number of carbonyl (C=O) groups excluding carboxylic acids is 1. The summed E-state index contributed by atoms with van der Waals surface area (Å²) < 4.78 is 0. The molecule has 0 amide bonds. The van der Waals surface area contributed by atoms with E-state index in [4.69, 9.17) is 9.94 Å². The van der Waals surface area contributed by atoms with Crippen molar-refractivity contribution >= 4 is 11.9 Å². The van der Waals surface area contributed by atoms with Crippen LogP contribution in [0.4, 0.5) is 0 Å². The van der Waals surface area contributed by atoms with Gasteiger partial charge < -0.3 is 5.11 Å². The number of hydroxylamine groups is 1. The molecule has 1 aromatic carbocycles. The van der Waals surface area contributed by atoms with Gasteiger partial charge in [-0.2, -0.15) is 5.48 Å². The van der Waals surface area contributed by atoms with Crippen molar-refractivity contribution in [2.24, 2.45) is 0 Å². The number of aliphatic carboxylic acids is 1. The Labute approximate surface area is 92.3 Å². The highest BCUT2D eigenvalue weighted by molar-refractivity contribution is 5.78. The zero-order chi connectivity index (χ0) is 11.8. The third-order valence-electron chi connectivity index (χ3n) is 1.79. The van der Waals surface area contributed by atoms with E-state index in [1.54, 1.807) is 0 Å². The number of carboxylic acids is 1. The van der Waals surface area contributed by atoms with E-state index in [9.17, 15) is 9.59 Å². The number of carboxylic acid groups (broad SMARTS) is 1. The molecule has 0 bridgehead atoms. The number of nitrogens with one attached hydrogen (secondary N) is 1. The molecule has 0 saturated heterocycles. The minimum Gasteiger partial charge on any atom is -0.480 e. The molecular weight excluding hydrogens is 210 g/mol. The van der Waals surface area contributed by atoms with Crippen molar-refractivity contribution in [3.8, 4) is 0 Å². The third kappa shape index (κ3) is 4.06. The quantitative estimate of drug-likeness (QED) is 0.542. The smallest absolute Gasteiger partial charge is 0.327 e. The van der Waals surface area contributed by atoms with Gasteiger partial charge in [-0.05, 0) is 5.56 Å². The summed E-state index contributed by atoms with van der Waals surface area (Å²) in [6.45, 7) is 0.220. The number of hydrogen-bond donors (Lipinski definition) is 2. The molecule has 0 heterocycles. The molecule has 16 heavy (non-hydrogen) atoms. The van der Waals surface area contributed by atoms with Crippen LogP contribution in [0.15, 0.2) is 36.4 Å². The molecule has 1 unspecified atom stereocenters. The topological polar surface area (TPSA) is 75.6 Å². The van der Waals surface area contributed by atoms with Crippen molar-refractivity contribution in [1.29, 1.82) is 0 Å². The summed E-state index contributed by atoms with van der Waals surface area (Å²) in [4.78, 5) is 25.5. The van der Waals surface area contributed by atoms with Crippen molar-refractivity contribution in [2.45, 2.75) is 12.6 Å². The van der Waals surface area contributed by atoms with E-state index in [1.807, 2.05) is 30.3 Å². The molecule has 5 nitrogen and oxygen atoms in total. The lowest BCUT2D eigenvalue weighted by atomic mass is 10.2. The van der Waals surface area contributed by atoms with E-state index < -0.39 is 12.0 Å². The van der Waals surface area contributed by atoms with Crippen LogP contribution < -0.4 is 5.48 Å². The highest BCUT2D eigenvalue weighted by Gasteiger charge is 2.13. The maximum atomic E-state index is 10.6. The summed E-state index contributed by atoms with van der Waals surface area (Å²) >= 11 is 0. The Morgan fingerprint density at radius 3 is 2.75 bits per heavy atom. The van der Waals surface area contributed by atoms with Crippen molar-refractivity contribution in [3.05, 3.63) is 42.0 Å². The number of rotatable bonds is 6. The van der Waals surface area contributed by atoms with E-state index in [2.05, 4.69) is 5.48 Å². The van der Waals surface area contributed by atoms with E-state index >= 15 is 0 Å². The first-order valence-electron chi connectivity index (χ1n) is 4.59. The number of hydrogen-bond acceptors (Lipinski definition) is 4. The molecule has 1 atom stereocenters. The Morgan fingerprint density at radius 1 is 1.50 bits per heavy atom. The Hall–Kier alpha value is -1.94. The van der Waals surface area contributed by atoms with Gasteiger partial charge in [-0.25, -0.2) is 4.79 Å². The standard InChI is InChI=1S/C11H11NO4/c13-7-6-10(11(14)15)12-16-8-9-4-2-1-3-5-9/h1-6,10,12H,8H2,(H,14,15). The minimum atomic E-state index is -1.20. The predicted molar refractivity (Wildman–Crippen MR) is 56.1 cm³/mol. The van der Waals surface area contributed by atoms with Crippen LogP contribution in [-0.4, -0.2) is 23.1 Å². The molecular formula is C11H11NO4. The van der Waals surface area contributed by atoms with Gasteiger partial charge in [0.2, 0.25) is 0 Å². The fourth-order valence-electron chi connectivity index (χ4n) is 1.01. The molecule has 84 valence electrons. The Kier molecular flexibility index (Phi) is 4.95. The lowest BCUT2D eigenvalue weighted by molar-refractivity contribution is -0.142. The SMILES string of the molecule is O=C=CC(NOCc1ccccc1)C(=O)O. The average molecular weight is 221 g/mol. The number of benzene rings is 1. The zero-order valence-electron chi connectivity index (χ0n) is 8.42. The van der Waals surface area contributed by atoms with Crippen molar-refractivity contribution in [1.82, 2.24) is 5.48 Å². The van der Waals surface area contributed by atoms with Crippen molar-refractivity contribution in [3.63, 3.8) is 0 Å². The highest BCUT2D eigenvalue weighted by Crippen LogP contribution is 1.99. The lowest BCUT2D eigenvalue weighted by Crippen LogP contribution is -2.34. The Morgan fingerprint density at radius 2 is 2.19 bits per heavy atom. The molecule has 0 aliphatic carbocycles. The molecule has 2 N–H and O–H groups in total. The zero-order valence-corrected chi connectivity index (χ0v) is 8.42. The normalized spacial score (nSPS) is 11.5. The second-order valence-electron chi connectivity index (χ2n) is 2.99. The minimum absolute atomic E-state index is 0.220.